The normalized spacial score (nSPS) is 27.5. The molecule has 3 aromatic rings. The molecule has 0 aliphatic carbocycles. The van der Waals surface area contributed by atoms with Crippen LogP contribution in [0.1, 0.15) is 40.8 Å². The second-order valence-electron chi connectivity index (χ2n) is 11.2. The molecule has 2 saturated heterocycles. The zero-order valence-electron chi connectivity index (χ0n) is 24.7. The van der Waals surface area contributed by atoms with Crippen LogP contribution in [-0.2, 0) is 4.74 Å². The van der Waals surface area contributed by atoms with Gasteiger partial charge in [-0.2, -0.15) is 0 Å². The fourth-order valence-corrected chi connectivity index (χ4v) is 13.5. The fraction of sp³-hybridized carbons (Fsp3) is 0.323. The molecule has 2 unspecified atom stereocenters. The van der Waals surface area contributed by atoms with Crippen LogP contribution in [-0.4, -0.2) is 57.6 Å². The van der Waals surface area contributed by atoms with Gasteiger partial charge in [0.1, 0.15) is 12.0 Å². The third-order valence-corrected chi connectivity index (χ3v) is 14.5. The summed E-state index contributed by atoms with van der Waals surface area (Å²) in [5.41, 5.74) is 1.11. The number of aldehydes is 1. The summed E-state index contributed by atoms with van der Waals surface area (Å²) in [7, 11) is -3.89. The van der Waals surface area contributed by atoms with Gasteiger partial charge in [0.25, 0.3) is 0 Å². The van der Waals surface area contributed by atoms with E-state index in [4.69, 9.17) is 13.6 Å². The molecule has 0 aromatic heterocycles. The number of anilines is 1. The summed E-state index contributed by atoms with van der Waals surface area (Å²) in [4.78, 5) is 13.8. The number of hydrogen-bond acceptors (Lipinski definition) is 5. The lowest BCUT2D eigenvalue weighted by Gasteiger charge is -2.49. The van der Waals surface area contributed by atoms with Gasteiger partial charge in [-0.15, -0.1) is 0 Å². The first-order valence-electron chi connectivity index (χ1n) is 14.2. The SMILES string of the molecule is [2H]C([2H])([2H])OC12C(=C)c3c(OC)cc(C=O)cc3N1C[C@H]1[C@@H]2N1[Si](c1ccccc1)(c1ccccc1)C(C)(C)C. The van der Waals surface area contributed by atoms with E-state index >= 15 is 0 Å². The van der Waals surface area contributed by atoms with Crippen LogP contribution in [0.4, 0.5) is 5.69 Å². The molecule has 5 nitrogen and oxygen atoms in total. The quantitative estimate of drug-likeness (QED) is 0.279. The molecule has 6 rings (SSSR count). The van der Waals surface area contributed by atoms with Gasteiger partial charge in [0.2, 0.25) is 0 Å². The third kappa shape index (κ3) is 2.95. The van der Waals surface area contributed by atoms with Crippen LogP contribution in [0.5, 0.6) is 5.75 Å². The average molecular weight is 514 g/mol. The first-order valence-corrected chi connectivity index (χ1v) is 14.6. The molecule has 0 radical (unpaired) electrons. The molecule has 0 N–H and O–H groups in total. The van der Waals surface area contributed by atoms with E-state index in [2.05, 4.69) is 80.4 Å². The fourth-order valence-electron chi connectivity index (χ4n) is 7.28. The summed E-state index contributed by atoms with van der Waals surface area (Å²) in [5, 5.41) is 2.36. The summed E-state index contributed by atoms with van der Waals surface area (Å²) in [6.07, 6.45) is 0.779. The highest BCUT2D eigenvalue weighted by atomic mass is 28.3. The highest BCUT2D eigenvalue weighted by molar-refractivity contribution is 7.02. The van der Waals surface area contributed by atoms with Gasteiger partial charge >= 0.3 is 0 Å². The van der Waals surface area contributed by atoms with Gasteiger partial charge in [0, 0.05) is 36.3 Å². The highest BCUT2D eigenvalue weighted by Gasteiger charge is 2.78. The van der Waals surface area contributed by atoms with Gasteiger partial charge in [-0.3, -0.25) is 4.79 Å². The number of piperazine rings is 1. The predicted octanol–water partition coefficient (Wildman–Crippen LogP) is 4.31. The monoisotopic (exact) mass is 513 g/mol. The Hall–Kier alpha value is -3.19. The second kappa shape index (κ2) is 8.15. The van der Waals surface area contributed by atoms with E-state index in [-0.39, 0.29) is 17.1 Å². The van der Waals surface area contributed by atoms with Crippen molar-refractivity contribution in [2.24, 2.45) is 0 Å². The molecule has 3 aromatic carbocycles. The topological polar surface area (TPSA) is 41.8 Å². The number of hydrogen-bond donors (Lipinski definition) is 0. The summed E-state index contributed by atoms with van der Waals surface area (Å²) in [6.45, 7) is 11.9. The van der Waals surface area contributed by atoms with Gasteiger partial charge in [0.15, 0.2) is 14.0 Å². The number of carbonyl (C=O) groups is 1. The van der Waals surface area contributed by atoms with Crippen molar-refractivity contribution in [2.45, 2.75) is 43.6 Å². The van der Waals surface area contributed by atoms with E-state index in [0.29, 0.717) is 29.0 Å². The number of ether oxygens (including phenoxy) is 2. The summed E-state index contributed by atoms with van der Waals surface area (Å²) in [5.74, 6) is 0.488. The van der Waals surface area contributed by atoms with Crippen LogP contribution in [0.25, 0.3) is 5.57 Å². The minimum atomic E-state index is -2.75. The van der Waals surface area contributed by atoms with Crippen LogP contribution in [0, 0.1) is 0 Å². The average Bonchev–Trinajstić information content (AvgIpc) is 3.45. The van der Waals surface area contributed by atoms with Crippen LogP contribution in [0.2, 0.25) is 5.04 Å². The van der Waals surface area contributed by atoms with E-state index in [0.717, 1.165) is 12.0 Å². The lowest BCUT2D eigenvalue weighted by atomic mass is 9.96. The van der Waals surface area contributed by atoms with E-state index in [9.17, 15) is 4.79 Å². The first kappa shape index (κ1) is 20.8. The number of fused-ring (bicyclic) bond motifs is 5. The van der Waals surface area contributed by atoms with E-state index in [1.54, 1.807) is 19.2 Å². The zero-order chi connectivity index (χ0) is 28.7. The Balaban J connectivity index is 1.59. The number of benzene rings is 3. The van der Waals surface area contributed by atoms with Crippen molar-refractivity contribution in [3.8, 4) is 5.75 Å². The lowest BCUT2D eigenvalue weighted by molar-refractivity contribution is 0.0434. The van der Waals surface area contributed by atoms with Gasteiger partial charge in [-0.05, 0) is 27.5 Å². The number of carbonyl (C=O) groups excluding carboxylic acids is 1. The first-order chi connectivity index (χ1) is 18.9. The van der Waals surface area contributed by atoms with E-state index in [1.165, 1.54) is 10.4 Å². The van der Waals surface area contributed by atoms with Crippen LogP contribution >= 0.6 is 0 Å². The van der Waals surface area contributed by atoms with Gasteiger partial charge in [-0.1, -0.05) is 88.0 Å². The standard InChI is InChI=1S/C31H34N2O3Si/c1-21-28-25(17-22(20-34)18-27(28)35-5)32-19-26-29(31(21,32)36-6)33(26)37(30(2,3)4,23-13-9-7-10-14-23)24-15-11-8-12-16-24/h7-18,20,26,29H,1,19H2,2-6H3/t26-,29-,31?,33?/m0/s1/i6D3. The third-order valence-electron chi connectivity index (χ3n) is 8.60. The molecular weight excluding hydrogens is 476 g/mol. The summed E-state index contributed by atoms with van der Waals surface area (Å²) >= 11 is 0. The molecule has 0 saturated carbocycles. The zero-order valence-corrected chi connectivity index (χ0v) is 22.7. The van der Waals surface area contributed by atoms with Crippen molar-refractivity contribution in [1.82, 2.24) is 4.57 Å². The molecular formula is C31H34N2O3Si. The Morgan fingerprint density at radius 1 is 1.08 bits per heavy atom. The number of methoxy groups -OCH3 is 2. The molecule has 37 heavy (non-hydrogen) atoms. The van der Waals surface area contributed by atoms with Crippen molar-refractivity contribution >= 4 is 36.2 Å². The summed E-state index contributed by atoms with van der Waals surface area (Å²) < 4.78 is 39.2. The number of nitrogens with zero attached hydrogens (tertiary/aromatic N) is 2. The van der Waals surface area contributed by atoms with Gasteiger partial charge in [-0.25, -0.2) is 0 Å². The number of rotatable bonds is 6. The molecule has 0 bridgehead atoms. The predicted molar refractivity (Wildman–Crippen MR) is 152 cm³/mol. The minimum Gasteiger partial charge on any atom is -0.496 e. The molecule has 3 aliphatic rings. The Morgan fingerprint density at radius 3 is 2.22 bits per heavy atom. The highest BCUT2D eigenvalue weighted by Crippen LogP contribution is 2.64. The largest absolute Gasteiger partial charge is 0.496 e. The Kier molecular flexibility index (Phi) is 4.59. The minimum absolute atomic E-state index is 0.0319. The smallest absolute Gasteiger partial charge is 0.198 e. The van der Waals surface area contributed by atoms with Crippen molar-refractivity contribution in [3.05, 3.63) is 90.5 Å². The van der Waals surface area contributed by atoms with Crippen molar-refractivity contribution < 1.29 is 18.4 Å². The van der Waals surface area contributed by atoms with E-state index < -0.39 is 21.0 Å². The maximum Gasteiger partial charge on any atom is 0.198 e. The maximum absolute atomic E-state index is 11.8. The molecule has 190 valence electrons. The van der Waals surface area contributed by atoms with Crippen molar-refractivity contribution in [1.29, 1.82) is 0 Å². The maximum atomic E-state index is 11.8. The molecule has 3 aliphatic heterocycles. The lowest BCUT2D eigenvalue weighted by Crippen LogP contribution is -2.73. The van der Waals surface area contributed by atoms with Gasteiger partial charge in [0.05, 0.1) is 23.0 Å². The van der Waals surface area contributed by atoms with Crippen molar-refractivity contribution in [2.75, 3.05) is 25.6 Å². The van der Waals surface area contributed by atoms with Crippen LogP contribution in [0.15, 0.2) is 79.4 Å². The van der Waals surface area contributed by atoms with Crippen LogP contribution in [0.3, 0.4) is 0 Å². The molecule has 2 fully saturated rings. The Morgan fingerprint density at radius 2 is 1.70 bits per heavy atom. The Labute approximate surface area is 224 Å². The molecule has 6 heteroatoms. The molecule has 4 atom stereocenters. The summed E-state index contributed by atoms with van der Waals surface area (Å²) in [6, 6.07) is 24.5. The van der Waals surface area contributed by atoms with E-state index in [1.807, 2.05) is 17.0 Å². The Bertz CT molecular complexity index is 1450. The van der Waals surface area contributed by atoms with Crippen molar-refractivity contribution in [3.63, 3.8) is 0 Å². The molecule has 0 amide bonds. The second-order valence-corrected chi connectivity index (χ2v) is 15.8. The molecule has 3 heterocycles. The van der Waals surface area contributed by atoms with Crippen LogP contribution < -0.4 is 20.0 Å². The van der Waals surface area contributed by atoms with Gasteiger partial charge < -0.3 is 18.9 Å². The molecule has 0 spiro atoms.